The Morgan fingerprint density at radius 3 is 2.85 bits per heavy atom. The molecule has 2 nitrogen and oxygen atoms in total. The van der Waals surface area contributed by atoms with E-state index in [0.717, 1.165) is 0 Å². The van der Waals surface area contributed by atoms with Crippen LogP contribution in [0.5, 0.6) is 0 Å². The molecule has 0 saturated heterocycles. The molecule has 0 aliphatic heterocycles. The molecular formula is C9H20B2N2. The van der Waals surface area contributed by atoms with Gasteiger partial charge >= 0.3 is 6.85 Å². The second-order valence-electron chi connectivity index (χ2n) is 4.25. The smallest absolute Gasteiger partial charge is 0.364 e. The van der Waals surface area contributed by atoms with Gasteiger partial charge in [0, 0.05) is 6.92 Å². The number of imidazole rings is 1. The van der Waals surface area contributed by atoms with Crippen LogP contribution in [0.3, 0.4) is 0 Å². The molecule has 1 atom stereocenters. The lowest BCUT2D eigenvalue weighted by atomic mass is 9.62. The fraction of sp³-hybridized carbons (Fsp3) is 0.556. The van der Waals surface area contributed by atoms with E-state index >= 15 is 0 Å². The Kier molecular flexibility index (Phi) is 3.52. The van der Waals surface area contributed by atoms with E-state index in [0.29, 0.717) is 0 Å². The Balaban J connectivity index is 2.85. The van der Waals surface area contributed by atoms with Crippen molar-refractivity contribution >= 4 is 14.3 Å². The maximum atomic E-state index is 4.21. The Labute approximate surface area is 82.3 Å². The topological polar surface area (TPSA) is 8.81 Å². The fourth-order valence-corrected chi connectivity index (χ4v) is 1.99. The molecule has 4 heteroatoms. The molecule has 0 radical (unpaired) electrons. The van der Waals surface area contributed by atoms with Crippen molar-refractivity contribution in [2.45, 2.75) is 33.4 Å². The van der Waals surface area contributed by atoms with Crippen molar-refractivity contribution in [2.24, 2.45) is 0 Å². The van der Waals surface area contributed by atoms with Crippen molar-refractivity contribution in [2.75, 3.05) is 0 Å². The lowest BCUT2D eigenvalue weighted by Gasteiger charge is -2.09. The van der Waals surface area contributed by atoms with E-state index in [9.17, 15) is 0 Å². The van der Waals surface area contributed by atoms with Crippen molar-refractivity contribution in [1.29, 1.82) is 0 Å². The van der Waals surface area contributed by atoms with Gasteiger partial charge in [0.25, 0.3) is 0 Å². The Morgan fingerprint density at radius 1 is 1.62 bits per heavy atom. The lowest BCUT2D eigenvalue weighted by molar-refractivity contribution is -0.536. The average molecular weight is 178 g/mol. The molecule has 0 aliphatic carbocycles. The van der Waals surface area contributed by atoms with Crippen LogP contribution in [0.4, 0.5) is 0 Å². The first-order valence-electron chi connectivity index (χ1n) is 5.68. The summed E-state index contributed by atoms with van der Waals surface area (Å²) in [6.07, 6.45) is 6.92. The molecule has 0 aromatic carbocycles. The minimum Gasteiger partial charge on any atom is -0.442 e. The fourth-order valence-electron chi connectivity index (χ4n) is 1.99. The predicted molar refractivity (Wildman–Crippen MR) is 62.2 cm³/mol. The minimum atomic E-state index is -0.393. The lowest BCUT2D eigenvalue weighted by Crippen LogP contribution is -2.42. The van der Waals surface area contributed by atoms with Gasteiger partial charge in [-0.25, -0.2) is 0 Å². The first-order valence-corrected chi connectivity index (χ1v) is 5.68. The van der Waals surface area contributed by atoms with E-state index in [4.69, 9.17) is 0 Å². The number of aromatic nitrogens is 2. The summed E-state index contributed by atoms with van der Waals surface area (Å²) < 4.78 is 4.79. The summed E-state index contributed by atoms with van der Waals surface area (Å²) in [4.78, 5) is 0. The summed E-state index contributed by atoms with van der Waals surface area (Å²) in [5.41, 5.74) is 0. The molecular weight excluding hydrogens is 158 g/mol. The van der Waals surface area contributed by atoms with Crippen LogP contribution in [-0.4, -0.2) is 18.7 Å². The van der Waals surface area contributed by atoms with Crippen LogP contribution in [-0.2, 0) is 0 Å². The van der Waals surface area contributed by atoms with Crippen molar-refractivity contribution in [3.63, 3.8) is 0 Å². The Bertz CT molecular complexity index is 271. The van der Waals surface area contributed by atoms with Gasteiger partial charge in [-0.15, -0.1) is 6.32 Å². The molecule has 0 amide bonds. The number of hydrogen-bond acceptors (Lipinski definition) is 0. The van der Waals surface area contributed by atoms with Gasteiger partial charge < -0.3 is 8.96 Å². The molecule has 1 aromatic heterocycles. The van der Waals surface area contributed by atoms with Crippen LogP contribution in [0, 0.1) is 13.7 Å². The Morgan fingerprint density at radius 2 is 2.31 bits per heavy atom. The first kappa shape index (κ1) is 10.3. The molecule has 1 aromatic rings. The zero-order chi connectivity index (χ0) is 9.84. The normalized spacial score (nSPS) is 13.2. The molecule has 0 spiro atoms. The highest BCUT2D eigenvalue weighted by atomic mass is 15.1. The highest BCUT2D eigenvalue weighted by Crippen LogP contribution is 1.98. The Hall–Kier alpha value is -0.790. The zero-order valence-corrected chi connectivity index (χ0v) is 9.38. The number of nitrogens with zero attached hydrogens (tertiary/aromatic N) is 2. The molecule has 0 fully saturated rings. The van der Waals surface area contributed by atoms with Gasteiger partial charge in [0.15, 0.2) is 13.2 Å². The van der Waals surface area contributed by atoms with Crippen LogP contribution in [0.2, 0.25) is 12.6 Å². The number of rotatable bonds is 4. The largest absolute Gasteiger partial charge is 0.442 e. The van der Waals surface area contributed by atoms with Gasteiger partial charge in [0.2, 0.25) is 0 Å². The van der Waals surface area contributed by atoms with Crippen molar-refractivity contribution in [3.05, 3.63) is 25.0 Å². The van der Waals surface area contributed by atoms with Crippen LogP contribution in [0.15, 0.2) is 12.4 Å². The molecule has 0 unspecified atom stereocenters. The molecule has 1 rings (SSSR count). The molecule has 13 heavy (non-hydrogen) atoms. The van der Waals surface area contributed by atoms with Crippen LogP contribution < -0.4 is 4.48 Å². The summed E-state index contributed by atoms with van der Waals surface area (Å²) >= 11 is 0. The van der Waals surface area contributed by atoms with Gasteiger partial charge in [-0.2, -0.15) is 0 Å². The third kappa shape index (κ3) is 2.11. The van der Waals surface area contributed by atoms with E-state index in [1.165, 1.54) is 18.5 Å². The second kappa shape index (κ2) is 4.45. The van der Waals surface area contributed by atoms with Crippen molar-refractivity contribution < 1.29 is 4.48 Å². The van der Waals surface area contributed by atoms with Crippen LogP contribution in [0.1, 0.15) is 19.7 Å². The van der Waals surface area contributed by atoms with E-state index in [-0.39, 0.29) is 7.41 Å². The molecule has 1 heterocycles. The van der Waals surface area contributed by atoms with Crippen LogP contribution >= 0.6 is 0 Å². The minimum absolute atomic E-state index is 0.0514. The van der Waals surface area contributed by atoms with Gasteiger partial charge in [-0.3, -0.25) is 0 Å². The maximum Gasteiger partial charge on any atom is 0.364 e. The highest BCUT2D eigenvalue weighted by Gasteiger charge is 2.13. The monoisotopic (exact) mass is 178 g/mol. The zero-order valence-electron chi connectivity index (χ0n) is 9.38. The molecule has 0 aliphatic rings. The standard InChI is InChI=1S/C9H20B2N2/c1-5-10-12-7-8-13(9(12)3)11(4)6-2/h7-8,11H,4-6,10H2,1-3H3/t11-/m0/s1. The summed E-state index contributed by atoms with van der Waals surface area (Å²) in [5, 5.41) is 0. The predicted octanol–water partition coefficient (Wildman–Crippen LogP) is 0.419. The number of hydrogen-bond donors (Lipinski definition) is 0. The molecule has 0 saturated carbocycles. The van der Waals surface area contributed by atoms with E-state index in [2.05, 4.69) is 48.9 Å². The van der Waals surface area contributed by atoms with E-state index < -0.39 is 6.85 Å². The summed E-state index contributed by atoms with van der Waals surface area (Å²) in [6, 6.07) is 0. The van der Waals surface area contributed by atoms with E-state index in [1.54, 1.807) is 0 Å². The SMILES string of the molecule is [CH2+][B@@H-](CC)n1cc[n+]([BH2-]CC)c1C. The molecule has 0 N–H and O–H groups in total. The summed E-state index contributed by atoms with van der Waals surface area (Å²) in [7, 11) is 0.0514. The maximum absolute atomic E-state index is 4.21. The third-order valence-electron chi connectivity index (χ3n) is 3.11. The second-order valence-corrected chi connectivity index (χ2v) is 4.25. The highest BCUT2D eigenvalue weighted by molar-refractivity contribution is 6.58. The molecule has 0 bridgehead atoms. The average Bonchev–Trinajstić information content (AvgIpc) is 2.48. The van der Waals surface area contributed by atoms with Gasteiger partial charge in [0.05, 0.1) is 12.4 Å². The quantitative estimate of drug-likeness (QED) is 0.466. The van der Waals surface area contributed by atoms with Gasteiger partial charge in [-0.05, 0) is 0 Å². The third-order valence-corrected chi connectivity index (χ3v) is 3.11. The van der Waals surface area contributed by atoms with Gasteiger partial charge in [0.1, 0.15) is 0 Å². The van der Waals surface area contributed by atoms with Crippen molar-refractivity contribution in [1.82, 2.24) is 4.48 Å². The summed E-state index contributed by atoms with van der Waals surface area (Å²) in [5.74, 6) is 1.40. The van der Waals surface area contributed by atoms with Crippen LogP contribution in [0.25, 0.3) is 0 Å². The molecule has 72 valence electrons. The first-order chi connectivity index (χ1) is 6.20. The summed E-state index contributed by atoms with van der Waals surface area (Å²) in [6.45, 7) is 10.5. The van der Waals surface area contributed by atoms with E-state index in [1.807, 2.05) is 0 Å². The van der Waals surface area contributed by atoms with Crippen molar-refractivity contribution in [3.8, 4) is 0 Å². The van der Waals surface area contributed by atoms with Gasteiger partial charge in [-0.1, -0.05) is 27.0 Å².